The van der Waals surface area contributed by atoms with Gasteiger partial charge >= 0.3 is 5.69 Å². The van der Waals surface area contributed by atoms with Crippen LogP contribution in [0.5, 0.6) is 0 Å². The van der Waals surface area contributed by atoms with Gasteiger partial charge in [-0.1, -0.05) is 34.8 Å². The molecule has 1 amide bonds. The number of hydrogen-bond donors (Lipinski definition) is 1. The molecule has 1 N–H and O–H groups in total. The highest BCUT2D eigenvalue weighted by molar-refractivity contribution is 6.44. The van der Waals surface area contributed by atoms with Crippen LogP contribution in [0.4, 0.5) is 5.69 Å². The van der Waals surface area contributed by atoms with Crippen LogP contribution in [-0.4, -0.2) is 24.6 Å². The van der Waals surface area contributed by atoms with Gasteiger partial charge in [-0.15, -0.1) is 0 Å². The van der Waals surface area contributed by atoms with Gasteiger partial charge in [-0.2, -0.15) is 0 Å². The van der Waals surface area contributed by atoms with Gasteiger partial charge in [0.1, 0.15) is 6.04 Å². The van der Waals surface area contributed by atoms with E-state index in [1.807, 2.05) is 0 Å². The molecule has 0 bridgehead atoms. The van der Waals surface area contributed by atoms with Gasteiger partial charge in [0.05, 0.1) is 27.1 Å². The van der Waals surface area contributed by atoms with Crippen LogP contribution in [0.3, 0.4) is 0 Å². The summed E-state index contributed by atoms with van der Waals surface area (Å²) in [6.45, 7) is 1.59. The number of nitrogens with one attached hydrogen (secondary N) is 1. The van der Waals surface area contributed by atoms with Crippen molar-refractivity contribution < 1.29 is 4.79 Å². The molecular formula is C16H14Cl3N5O3. The van der Waals surface area contributed by atoms with Gasteiger partial charge in [-0.3, -0.25) is 18.7 Å². The highest BCUT2D eigenvalue weighted by atomic mass is 35.5. The Hall–Kier alpha value is -2.29. The molecule has 0 fully saturated rings. The summed E-state index contributed by atoms with van der Waals surface area (Å²) in [6.07, 6.45) is 1.34. The van der Waals surface area contributed by atoms with Gasteiger partial charge in [0.25, 0.3) is 5.56 Å². The number of aromatic nitrogens is 4. The summed E-state index contributed by atoms with van der Waals surface area (Å²) in [7, 11) is 2.86. The predicted molar refractivity (Wildman–Crippen MR) is 105 cm³/mol. The zero-order valence-corrected chi connectivity index (χ0v) is 16.7. The van der Waals surface area contributed by atoms with E-state index in [2.05, 4.69) is 10.3 Å². The van der Waals surface area contributed by atoms with Crippen molar-refractivity contribution in [2.45, 2.75) is 13.0 Å². The number of nitrogens with zero attached hydrogens (tertiary/aromatic N) is 4. The molecule has 3 rings (SSSR count). The summed E-state index contributed by atoms with van der Waals surface area (Å²) >= 11 is 17.9. The lowest BCUT2D eigenvalue weighted by atomic mass is 10.2. The van der Waals surface area contributed by atoms with E-state index in [1.54, 1.807) is 6.92 Å². The molecule has 0 aliphatic carbocycles. The standard InChI is InChI=1S/C16H14Cl3N5O3/c1-7(14(25)21-11-5-9(18)8(17)4-10(11)19)24-6-20-13-12(24)15(26)23(3)16(27)22(13)2/h4-7H,1-3H3,(H,21,25). The number of aryl methyl sites for hydroxylation is 1. The number of halogens is 3. The lowest BCUT2D eigenvalue weighted by Gasteiger charge is -2.16. The molecule has 0 saturated carbocycles. The van der Waals surface area contributed by atoms with E-state index in [4.69, 9.17) is 34.8 Å². The third-order valence-corrected chi connectivity index (χ3v) is 5.27. The normalized spacial score (nSPS) is 12.4. The molecule has 1 atom stereocenters. The Bertz CT molecular complexity index is 1190. The van der Waals surface area contributed by atoms with Gasteiger partial charge < -0.3 is 9.88 Å². The van der Waals surface area contributed by atoms with E-state index in [-0.39, 0.29) is 31.9 Å². The summed E-state index contributed by atoms with van der Waals surface area (Å²) in [5.41, 5.74) is -0.430. The molecule has 0 radical (unpaired) electrons. The van der Waals surface area contributed by atoms with Crippen molar-refractivity contribution in [2.75, 3.05) is 5.32 Å². The van der Waals surface area contributed by atoms with Crippen molar-refractivity contribution in [3.63, 3.8) is 0 Å². The highest BCUT2D eigenvalue weighted by Crippen LogP contribution is 2.32. The Morgan fingerprint density at radius 2 is 1.70 bits per heavy atom. The van der Waals surface area contributed by atoms with Crippen LogP contribution in [0.25, 0.3) is 11.2 Å². The number of carbonyl (C=O) groups is 1. The Labute approximate surface area is 167 Å². The molecule has 0 aliphatic heterocycles. The number of fused-ring (bicyclic) bond motifs is 1. The number of benzene rings is 1. The van der Waals surface area contributed by atoms with E-state index in [0.29, 0.717) is 0 Å². The Morgan fingerprint density at radius 1 is 1.07 bits per heavy atom. The maximum atomic E-state index is 12.7. The number of carbonyl (C=O) groups excluding carboxylic acids is 1. The van der Waals surface area contributed by atoms with Crippen LogP contribution in [0, 0.1) is 0 Å². The van der Waals surface area contributed by atoms with Crippen molar-refractivity contribution in [2.24, 2.45) is 14.1 Å². The smallest absolute Gasteiger partial charge is 0.323 e. The van der Waals surface area contributed by atoms with Crippen molar-refractivity contribution in [3.8, 4) is 0 Å². The van der Waals surface area contributed by atoms with E-state index >= 15 is 0 Å². The first-order valence-corrected chi connectivity index (χ1v) is 8.84. The SMILES string of the molecule is CC(C(=O)Nc1cc(Cl)c(Cl)cc1Cl)n1cnc2c1c(=O)n(C)c(=O)n2C. The van der Waals surface area contributed by atoms with Gasteiger partial charge in [0.2, 0.25) is 5.91 Å². The second-order valence-corrected chi connectivity index (χ2v) is 7.16. The number of amides is 1. The maximum Gasteiger partial charge on any atom is 0.332 e. The Balaban J connectivity index is 2.03. The first-order chi connectivity index (χ1) is 12.6. The second kappa shape index (κ2) is 7.03. The van der Waals surface area contributed by atoms with Crippen LogP contribution in [0.15, 0.2) is 28.0 Å². The molecule has 2 heterocycles. The van der Waals surface area contributed by atoms with E-state index in [1.165, 1.54) is 41.7 Å². The molecule has 0 saturated heterocycles. The summed E-state index contributed by atoms with van der Waals surface area (Å²) in [4.78, 5) is 41.3. The molecule has 1 unspecified atom stereocenters. The van der Waals surface area contributed by atoms with Gasteiger partial charge in [0, 0.05) is 14.1 Å². The minimum Gasteiger partial charge on any atom is -0.323 e. The molecule has 1 aromatic carbocycles. The van der Waals surface area contributed by atoms with E-state index in [9.17, 15) is 14.4 Å². The molecule has 3 aromatic rings. The topological polar surface area (TPSA) is 90.9 Å². The summed E-state index contributed by atoms with van der Waals surface area (Å²) in [5, 5.41) is 3.37. The van der Waals surface area contributed by atoms with Crippen LogP contribution in [0.2, 0.25) is 15.1 Å². The largest absolute Gasteiger partial charge is 0.332 e. The summed E-state index contributed by atoms with van der Waals surface area (Å²) < 4.78 is 3.60. The fourth-order valence-corrected chi connectivity index (χ4v) is 3.23. The van der Waals surface area contributed by atoms with Crippen LogP contribution in [-0.2, 0) is 18.9 Å². The number of rotatable bonds is 3. The molecule has 2 aromatic heterocycles. The first kappa shape index (κ1) is 19.5. The first-order valence-electron chi connectivity index (χ1n) is 7.71. The lowest BCUT2D eigenvalue weighted by molar-refractivity contribution is -0.118. The second-order valence-electron chi connectivity index (χ2n) is 5.94. The van der Waals surface area contributed by atoms with E-state index < -0.39 is 23.2 Å². The van der Waals surface area contributed by atoms with Crippen LogP contribution >= 0.6 is 34.8 Å². The number of imidazole rings is 1. The van der Waals surface area contributed by atoms with Crippen molar-refractivity contribution in [1.29, 1.82) is 0 Å². The third-order valence-electron chi connectivity index (χ3n) is 4.24. The average molecular weight is 431 g/mol. The monoisotopic (exact) mass is 429 g/mol. The van der Waals surface area contributed by atoms with Gasteiger partial charge in [-0.05, 0) is 19.1 Å². The van der Waals surface area contributed by atoms with Crippen molar-refractivity contribution in [1.82, 2.24) is 18.7 Å². The molecule has 27 heavy (non-hydrogen) atoms. The Morgan fingerprint density at radius 3 is 2.37 bits per heavy atom. The van der Waals surface area contributed by atoms with Crippen LogP contribution in [0.1, 0.15) is 13.0 Å². The lowest BCUT2D eigenvalue weighted by Crippen LogP contribution is -2.38. The average Bonchev–Trinajstić information content (AvgIpc) is 3.07. The zero-order valence-electron chi connectivity index (χ0n) is 14.5. The van der Waals surface area contributed by atoms with Gasteiger partial charge in [0.15, 0.2) is 11.2 Å². The van der Waals surface area contributed by atoms with Crippen molar-refractivity contribution in [3.05, 3.63) is 54.4 Å². The molecular weight excluding hydrogens is 417 g/mol. The molecule has 8 nitrogen and oxygen atoms in total. The maximum absolute atomic E-state index is 12.7. The van der Waals surface area contributed by atoms with Crippen LogP contribution < -0.4 is 16.6 Å². The van der Waals surface area contributed by atoms with E-state index in [0.717, 1.165) is 4.57 Å². The minimum atomic E-state index is -0.814. The molecule has 0 spiro atoms. The highest BCUT2D eigenvalue weighted by Gasteiger charge is 2.22. The summed E-state index contributed by atoms with van der Waals surface area (Å²) in [5.74, 6) is -0.453. The minimum absolute atomic E-state index is 0.141. The molecule has 142 valence electrons. The van der Waals surface area contributed by atoms with Gasteiger partial charge in [-0.25, -0.2) is 9.78 Å². The molecule has 11 heteroatoms. The number of anilines is 1. The third kappa shape index (κ3) is 3.24. The number of hydrogen-bond acceptors (Lipinski definition) is 4. The fourth-order valence-electron chi connectivity index (χ4n) is 2.64. The molecule has 0 aliphatic rings. The fraction of sp³-hybridized carbons (Fsp3) is 0.250. The zero-order chi connectivity index (χ0) is 20.0. The summed E-state index contributed by atoms with van der Waals surface area (Å²) in [6, 6.07) is 2.04. The predicted octanol–water partition coefficient (Wildman–Crippen LogP) is 2.59. The quantitative estimate of drug-likeness (QED) is 0.647. The van der Waals surface area contributed by atoms with Crippen molar-refractivity contribution >= 4 is 57.6 Å². The Kier molecular flexibility index (Phi) is 5.07.